The average molecular weight is 533 g/mol. The Balaban J connectivity index is 2.30. The Morgan fingerprint density at radius 2 is 2.09 bits per heavy atom. The summed E-state index contributed by atoms with van der Waals surface area (Å²) in [4.78, 5) is 26.5. The van der Waals surface area contributed by atoms with Crippen LogP contribution < -0.4 is 9.47 Å². The maximum atomic E-state index is 13.5. The number of hydrogen-bond acceptors (Lipinski definition) is 7. The highest BCUT2D eigenvalue weighted by Crippen LogP contribution is 2.37. The SMILES string of the molecule is CCOC(SCC)C1CCCN1C(=O)c1cc(OC)c(OCCCCCBr)cc1[N+](=O)[O-]. The number of halogens is 1. The van der Waals surface area contributed by atoms with Crippen molar-refractivity contribution in [1.29, 1.82) is 0 Å². The molecule has 1 fully saturated rings. The van der Waals surface area contributed by atoms with Crippen molar-refractivity contribution >= 4 is 39.3 Å². The molecule has 0 radical (unpaired) electrons. The van der Waals surface area contributed by atoms with Crippen molar-refractivity contribution in [3.8, 4) is 11.5 Å². The van der Waals surface area contributed by atoms with Gasteiger partial charge in [0, 0.05) is 24.5 Å². The molecule has 0 saturated carbocycles. The van der Waals surface area contributed by atoms with E-state index in [1.807, 2.05) is 13.8 Å². The molecule has 8 nitrogen and oxygen atoms in total. The van der Waals surface area contributed by atoms with Crippen molar-refractivity contribution in [2.45, 2.75) is 57.4 Å². The van der Waals surface area contributed by atoms with Gasteiger partial charge in [0.1, 0.15) is 11.0 Å². The van der Waals surface area contributed by atoms with Gasteiger partial charge in [-0.2, -0.15) is 0 Å². The normalized spacial score (nSPS) is 16.8. The first-order valence-corrected chi connectivity index (χ1v) is 13.2. The number of carbonyl (C=O) groups is 1. The highest BCUT2D eigenvalue weighted by molar-refractivity contribution is 9.09. The molecule has 0 N–H and O–H groups in total. The van der Waals surface area contributed by atoms with Crippen LogP contribution >= 0.6 is 27.7 Å². The quantitative estimate of drug-likeness (QED) is 0.106. The number of nitrogens with zero attached hydrogens (tertiary/aromatic N) is 2. The molecule has 1 aliphatic rings. The fourth-order valence-corrected chi connectivity index (χ4v) is 5.24. The molecule has 10 heteroatoms. The molecule has 1 aromatic carbocycles. The number of benzene rings is 1. The molecule has 1 aromatic rings. The van der Waals surface area contributed by atoms with Gasteiger partial charge in [0.25, 0.3) is 11.6 Å². The summed E-state index contributed by atoms with van der Waals surface area (Å²) in [6.45, 7) is 5.49. The third-order valence-corrected chi connectivity index (χ3v) is 6.95. The van der Waals surface area contributed by atoms with Gasteiger partial charge in [-0.05, 0) is 44.8 Å². The zero-order valence-electron chi connectivity index (χ0n) is 19.0. The molecule has 1 saturated heterocycles. The number of methoxy groups -OCH3 is 1. The molecule has 2 rings (SSSR count). The standard InChI is InChI=1S/C22H33BrN2O6S/c1-4-30-22(32-5-2)17-10-9-12-24(17)21(26)16-14-19(29-3)20(15-18(16)25(27)28)31-13-8-6-7-11-23/h14-15,17,22H,4-13H2,1-3H3. The van der Waals surface area contributed by atoms with Gasteiger partial charge < -0.3 is 19.1 Å². The van der Waals surface area contributed by atoms with Crippen molar-refractivity contribution in [1.82, 2.24) is 4.90 Å². The Kier molecular flexibility index (Phi) is 11.6. The number of unbranched alkanes of at least 4 members (excludes halogenated alkanes) is 2. The summed E-state index contributed by atoms with van der Waals surface area (Å²) in [6, 6.07) is 2.62. The Hall–Kier alpha value is -1.52. The van der Waals surface area contributed by atoms with Crippen LogP contribution in [-0.2, 0) is 4.74 Å². The molecular weight excluding hydrogens is 500 g/mol. The van der Waals surface area contributed by atoms with E-state index >= 15 is 0 Å². The maximum Gasteiger partial charge on any atom is 0.286 e. The molecule has 0 aromatic heterocycles. The van der Waals surface area contributed by atoms with Crippen LogP contribution in [0, 0.1) is 10.1 Å². The first-order valence-electron chi connectivity index (χ1n) is 11.1. The summed E-state index contributed by atoms with van der Waals surface area (Å²) < 4.78 is 17.0. The van der Waals surface area contributed by atoms with E-state index in [-0.39, 0.29) is 34.4 Å². The number of hydrogen-bond donors (Lipinski definition) is 0. The molecule has 0 aliphatic carbocycles. The van der Waals surface area contributed by atoms with Crippen LogP contribution in [0.3, 0.4) is 0 Å². The Morgan fingerprint density at radius 3 is 2.72 bits per heavy atom. The van der Waals surface area contributed by atoms with Gasteiger partial charge in [0.15, 0.2) is 11.5 Å². The molecular formula is C22H33BrN2O6S. The van der Waals surface area contributed by atoms with Crippen molar-refractivity contribution in [2.75, 3.05) is 38.0 Å². The number of amides is 1. The predicted molar refractivity (Wildman–Crippen MR) is 130 cm³/mol. The topological polar surface area (TPSA) is 91.1 Å². The molecule has 32 heavy (non-hydrogen) atoms. The average Bonchev–Trinajstić information content (AvgIpc) is 3.27. The van der Waals surface area contributed by atoms with Gasteiger partial charge in [0.05, 0.1) is 30.7 Å². The van der Waals surface area contributed by atoms with E-state index in [2.05, 4.69) is 15.9 Å². The first-order chi connectivity index (χ1) is 15.5. The number of rotatable bonds is 14. The minimum absolute atomic E-state index is 0.0159. The van der Waals surface area contributed by atoms with Gasteiger partial charge >= 0.3 is 0 Å². The number of nitro groups is 1. The van der Waals surface area contributed by atoms with Gasteiger partial charge in [-0.15, -0.1) is 11.8 Å². The van der Waals surface area contributed by atoms with Crippen LogP contribution in [0.25, 0.3) is 0 Å². The monoisotopic (exact) mass is 532 g/mol. The molecule has 2 atom stereocenters. The van der Waals surface area contributed by atoms with Crippen LogP contribution in [0.4, 0.5) is 5.69 Å². The van der Waals surface area contributed by atoms with E-state index in [0.29, 0.717) is 25.5 Å². The lowest BCUT2D eigenvalue weighted by atomic mass is 10.1. The molecule has 0 spiro atoms. The van der Waals surface area contributed by atoms with E-state index < -0.39 is 4.92 Å². The second-order valence-corrected chi connectivity index (χ2v) is 9.53. The summed E-state index contributed by atoms with van der Waals surface area (Å²) in [5.74, 6) is 1.09. The summed E-state index contributed by atoms with van der Waals surface area (Å²) in [5.41, 5.74) is -0.408. The minimum Gasteiger partial charge on any atom is -0.493 e. The lowest BCUT2D eigenvalue weighted by Crippen LogP contribution is -2.43. The number of ether oxygens (including phenoxy) is 3. The van der Waals surface area contributed by atoms with Crippen molar-refractivity contribution in [3.63, 3.8) is 0 Å². The lowest BCUT2D eigenvalue weighted by Gasteiger charge is -2.31. The van der Waals surface area contributed by atoms with Crippen LogP contribution in [0.5, 0.6) is 11.5 Å². The number of alkyl halides is 1. The Bertz CT molecular complexity index is 760. The predicted octanol–water partition coefficient (Wildman–Crippen LogP) is 5.27. The second kappa shape index (κ2) is 13.9. The van der Waals surface area contributed by atoms with Crippen LogP contribution in [0.15, 0.2) is 12.1 Å². The third-order valence-electron chi connectivity index (χ3n) is 5.28. The first kappa shape index (κ1) is 26.7. The van der Waals surface area contributed by atoms with E-state index in [1.165, 1.54) is 19.2 Å². The molecule has 0 bridgehead atoms. The van der Waals surface area contributed by atoms with Gasteiger partial charge in [0.2, 0.25) is 0 Å². The summed E-state index contributed by atoms with van der Waals surface area (Å²) >= 11 is 5.05. The van der Waals surface area contributed by atoms with Crippen molar-refractivity contribution in [2.24, 2.45) is 0 Å². The number of carbonyl (C=O) groups excluding carboxylic acids is 1. The van der Waals surface area contributed by atoms with E-state index in [9.17, 15) is 14.9 Å². The van der Waals surface area contributed by atoms with Crippen LogP contribution in [0.2, 0.25) is 0 Å². The summed E-state index contributed by atoms with van der Waals surface area (Å²) in [6.07, 6.45) is 4.49. The van der Waals surface area contributed by atoms with Crippen LogP contribution in [0.1, 0.15) is 56.3 Å². The Labute approximate surface area is 202 Å². The number of thioether (sulfide) groups is 1. The van der Waals surface area contributed by atoms with Crippen molar-refractivity contribution in [3.05, 3.63) is 27.8 Å². The molecule has 1 amide bonds. The van der Waals surface area contributed by atoms with E-state index in [0.717, 1.165) is 43.2 Å². The zero-order chi connectivity index (χ0) is 23.5. The highest BCUT2D eigenvalue weighted by atomic mass is 79.9. The summed E-state index contributed by atoms with van der Waals surface area (Å²) in [5, 5.41) is 12.8. The van der Waals surface area contributed by atoms with Crippen molar-refractivity contribution < 1.29 is 23.9 Å². The van der Waals surface area contributed by atoms with E-state index in [4.69, 9.17) is 14.2 Å². The van der Waals surface area contributed by atoms with Crippen LogP contribution in [-0.4, -0.2) is 65.2 Å². The lowest BCUT2D eigenvalue weighted by molar-refractivity contribution is -0.385. The maximum absolute atomic E-state index is 13.5. The number of likely N-dealkylation sites (tertiary alicyclic amines) is 1. The smallest absolute Gasteiger partial charge is 0.286 e. The second-order valence-electron chi connectivity index (χ2n) is 7.36. The van der Waals surface area contributed by atoms with E-state index in [1.54, 1.807) is 16.7 Å². The minimum atomic E-state index is -0.531. The molecule has 1 heterocycles. The molecule has 1 aliphatic heterocycles. The fourth-order valence-electron chi connectivity index (χ4n) is 3.78. The largest absolute Gasteiger partial charge is 0.493 e. The summed E-state index contributed by atoms with van der Waals surface area (Å²) in [7, 11) is 1.47. The Morgan fingerprint density at radius 1 is 1.31 bits per heavy atom. The third kappa shape index (κ3) is 6.99. The number of nitro benzene ring substituents is 1. The molecule has 2 unspecified atom stereocenters. The van der Waals surface area contributed by atoms with Gasteiger partial charge in [-0.25, -0.2) is 0 Å². The fraction of sp³-hybridized carbons (Fsp3) is 0.682. The van der Waals surface area contributed by atoms with Gasteiger partial charge in [-0.3, -0.25) is 14.9 Å². The molecule has 180 valence electrons. The van der Waals surface area contributed by atoms with Gasteiger partial charge in [-0.1, -0.05) is 22.9 Å². The zero-order valence-corrected chi connectivity index (χ0v) is 21.4. The highest BCUT2D eigenvalue weighted by Gasteiger charge is 2.38.